The van der Waals surface area contributed by atoms with Gasteiger partial charge in [0.25, 0.3) is 7.98 Å². The fraction of sp³-hybridized carbons (Fsp3) is 0. The number of nitrogens with zero attached hydrogens (tertiary/aromatic N) is 1. The lowest BCUT2D eigenvalue weighted by molar-refractivity contribution is -0.111. The van der Waals surface area contributed by atoms with Crippen LogP contribution in [-0.2, 0) is 4.79 Å². The van der Waals surface area contributed by atoms with Gasteiger partial charge in [0.1, 0.15) is 0 Å². The first-order chi connectivity index (χ1) is 3.68. The van der Waals surface area contributed by atoms with Crippen molar-refractivity contribution in [2.75, 3.05) is 0 Å². The maximum atomic E-state index is 9.89. The van der Waals surface area contributed by atoms with Crippen LogP contribution in [0.3, 0.4) is 0 Å². The minimum atomic E-state index is -0.919. The first-order valence-electron chi connectivity index (χ1n) is 1.72. The molecule has 0 unspecified atom stereocenters. The Labute approximate surface area is 49.0 Å². The van der Waals surface area contributed by atoms with Gasteiger partial charge in [-0.3, -0.25) is 15.0 Å². The Kier molecular flexibility index (Phi) is 2.76. The molecule has 0 aromatic carbocycles. The second kappa shape index (κ2) is 3.12. The first-order valence-corrected chi connectivity index (χ1v) is 1.72. The molecule has 6 heteroatoms. The number of carbonyl (C=O) groups excluding carboxylic acids is 2. The maximum absolute atomic E-state index is 9.89. The van der Waals surface area contributed by atoms with Gasteiger partial charge in [0.2, 0.25) is 14.3 Å². The van der Waals surface area contributed by atoms with Crippen LogP contribution in [0.4, 0.5) is 4.79 Å². The fourth-order valence-electron chi connectivity index (χ4n) is 0.120. The van der Waals surface area contributed by atoms with E-state index in [9.17, 15) is 9.59 Å². The molecule has 0 rings (SSSR count). The zero-order valence-electron chi connectivity index (χ0n) is 4.00. The molecule has 0 bridgehead atoms. The lowest BCUT2D eigenvalue weighted by atomic mass is 10.1. The molecule has 0 aromatic heterocycles. The van der Waals surface area contributed by atoms with Crippen molar-refractivity contribution < 1.29 is 9.59 Å². The number of amides is 2. The molecule has 0 aliphatic heterocycles. The summed E-state index contributed by atoms with van der Waals surface area (Å²) in [7, 11) is 9.31. The largest absolute Gasteiger partial charge is 0.325 e. The monoisotopic (exact) mass is 108 g/mol. The second-order valence-corrected chi connectivity index (χ2v) is 0.955. The highest BCUT2D eigenvalue weighted by molar-refractivity contribution is 6.59. The Balaban J connectivity index is 3.46. The third-order valence-electron chi connectivity index (χ3n) is 0.429. The van der Waals surface area contributed by atoms with Crippen molar-refractivity contribution in [2.45, 2.75) is 0 Å². The average Bonchev–Trinajstić information content (AvgIpc) is 1.67. The van der Waals surface area contributed by atoms with Crippen molar-refractivity contribution in [1.82, 2.24) is 10.3 Å². The molecule has 0 aliphatic rings. The van der Waals surface area contributed by atoms with Crippen molar-refractivity contribution in [3.8, 4) is 0 Å². The second-order valence-electron chi connectivity index (χ2n) is 0.955. The van der Waals surface area contributed by atoms with E-state index in [1.807, 2.05) is 0 Å². The number of hydrazine groups is 1. The molecule has 0 saturated carbocycles. The van der Waals surface area contributed by atoms with Crippen LogP contribution >= 0.6 is 0 Å². The van der Waals surface area contributed by atoms with Crippen molar-refractivity contribution in [3.63, 3.8) is 0 Å². The van der Waals surface area contributed by atoms with Crippen LogP contribution in [-0.4, -0.2) is 33.0 Å². The molecule has 8 heavy (non-hydrogen) atoms. The predicted octanol–water partition coefficient (Wildman–Crippen LogP) is -1.68. The van der Waals surface area contributed by atoms with Gasteiger partial charge >= 0.3 is 0 Å². The summed E-state index contributed by atoms with van der Waals surface area (Å²) in [6.45, 7) is 0. The quantitative estimate of drug-likeness (QED) is 0.261. The van der Waals surface area contributed by atoms with E-state index in [1.54, 1.807) is 5.43 Å². The van der Waals surface area contributed by atoms with Crippen molar-refractivity contribution in [1.29, 1.82) is 0 Å². The molecule has 0 aliphatic carbocycles. The zero-order valence-corrected chi connectivity index (χ0v) is 4.00. The van der Waals surface area contributed by atoms with E-state index < -0.39 is 5.81 Å². The SMILES string of the molecule is [B]C(=O)N([B])NC=O. The van der Waals surface area contributed by atoms with Crippen molar-refractivity contribution >= 4 is 28.0 Å². The molecular weight excluding hydrogens is 106 g/mol. The number of hydrogen-bond acceptors (Lipinski definition) is 2. The van der Waals surface area contributed by atoms with E-state index in [-0.39, 0.29) is 6.41 Å². The van der Waals surface area contributed by atoms with Crippen LogP contribution in [0, 0.1) is 0 Å². The summed E-state index contributed by atoms with van der Waals surface area (Å²) in [6, 6.07) is 0. The highest BCUT2D eigenvalue weighted by atomic mass is 16.2. The van der Waals surface area contributed by atoms with Crippen molar-refractivity contribution in [3.05, 3.63) is 0 Å². The third-order valence-corrected chi connectivity index (χ3v) is 0.429. The highest BCUT2D eigenvalue weighted by Crippen LogP contribution is 1.68. The van der Waals surface area contributed by atoms with Gasteiger partial charge in [-0.25, -0.2) is 0 Å². The van der Waals surface area contributed by atoms with Crippen LogP contribution in [0.15, 0.2) is 0 Å². The van der Waals surface area contributed by atoms with Crippen LogP contribution in [0.25, 0.3) is 0 Å². The normalized spacial score (nSPS) is 7.50. The predicted molar refractivity (Wildman–Crippen MR) is 27.9 cm³/mol. The van der Waals surface area contributed by atoms with Crippen LogP contribution in [0.2, 0.25) is 0 Å². The Bertz CT molecular complexity index is 106. The number of nitrogens with one attached hydrogen (secondary N) is 1. The first kappa shape index (κ1) is 7.07. The van der Waals surface area contributed by atoms with E-state index in [0.29, 0.717) is 4.92 Å². The van der Waals surface area contributed by atoms with Gasteiger partial charge in [0.05, 0.1) is 0 Å². The molecular formula is C2H2B2N2O2. The molecule has 0 atom stereocenters. The van der Waals surface area contributed by atoms with E-state index in [0.717, 1.165) is 0 Å². The van der Waals surface area contributed by atoms with Gasteiger partial charge in [0, 0.05) is 0 Å². The van der Waals surface area contributed by atoms with Crippen LogP contribution in [0.5, 0.6) is 0 Å². The summed E-state index contributed by atoms with van der Waals surface area (Å²) in [5, 5.41) is 0. The molecule has 0 aromatic rings. The summed E-state index contributed by atoms with van der Waals surface area (Å²) < 4.78 is 0. The van der Waals surface area contributed by atoms with E-state index in [2.05, 4.69) is 7.85 Å². The number of carbonyl (C=O) groups is 2. The lowest BCUT2D eigenvalue weighted by Gasteiger charge is -2.12. The minimum Gasteiger partial charge on any atom is -0.325 e. The molecule has 0 fully saturated rings. The van der Waals surface area contributed by atoms with Gasteiger partial charge in [0.15, 0.2) is 5.81 Å². The van der Waals surface area contributed by atoms with E-state index >= 15 is 0 Å². The minimum absolute atomic E-state index is 0.241. The van der Waals surface area contributed by atoms with Crippen LogP contribution < -0.4 is 5.43 Å². The Morgan fingerprint density at radius 1 is 1.75 bits per heavy atom. The van der Waals surface area contributed by atoms with E-state index in [4.69, 9.17) is 7.98 Å². The van der Waals surface area contributed by atoms with Gasteiger partial charge < -0.3 is 4.92 Å². The number of hydrogen-bond donors (Lipinski definition) is 1. The molecule has 0 spiro atoms. The molecule has 2 amide bonds. The third kappa shape index (κ3) is 2.28. The molecule has 0 saturated heterocycles. The standard InChI is InChI=1S/C2H2B2N2O2/c3-2(8)6(4)5-1-7/h1H,(H,5,7). The Hall–Kier alpha value is -0.930. The van der Waals surface area contributed by atoms with Gasteiger partial charge in [-0.05, 0) is 0 Å². The Morgan fingerprint density at radius 2 is 2.25 bits per heavy atom. The average molecular weight is 108 g/mol. The molecule has 4 nitrogen and oxygen atoms in total. The number of rotatable bonds is 2. The fourth-order valence-corrected chi connectivity index (χ4v) is 0.120. The summed E-state index contributed by atoms with van der Waals surface area (Å²) in [6.07, 6.45) is 0.241. The van der Waals surface area contributed by atoms with Gasteiger partial charge in [-0.2, -0.15) is 0 Å². The van der Waals surface area contributed by atoms with Crippen molar-refractivity contribution in [2.24, 2.45) is 0 Å². The maximum Gasteiger partial charge on any atom is 0.264 e. The highest BCUT2D eigenvalue weighted by Gasteiger charge is 1.94. The summed E-state index contributed by atoms with van der Waals surface area (Å²) >= 11 is 0. The van der Waals surface area contributed by atoms with Crippen LogP contribution in [0.1, 0.15) is 0 Å². The Morgan fingerprint density at radius 3 is 2.38 bits per heavy atom. The molecule has 0 heterocycles. The zero-order chi connectivity index (χ0) is 6.57. The smallest absolute Gasteiger partial charge is 0.264 e. The van der Waals surface area contributed by atoms with Gasteiger partial charge in [-0.1, -0.05) is 0 Å². The molecule has 1 N–H and O–H groups in total. The van der Waals surface area contributed by atoms with E-state index in [1.165, 1.54) is 0 Å². The summed E-state index contributed by atoms with van der Waals surface area (Å²) in [5.41, 5.74) is 1.80. The summed E-state index contributed by atoms with van der Waals surface area (Å²) in [4.78, 5) is 19.7. The molecule has 38 valence electrons. The summed E-state index contributed by atoms with van der Waals surface area (Å²) in [5.74, 6) is -0.919. The molecule has 4 radical (unpaired) electrons. The topological polar surface area (TPSA) is 49.4 Å². The van der Waals surface area contributed by atoms with Gasteiger partial charge in [-0.15, -0.1) is 0 Å². The lowest BCUT2D eigenvalue weighted by Crippen LogP contribution is -2.39.